The van der Waals surface area contributed by atoms with Crippen LogP contribution in [-0.4, -0.2) is 10.9 Å². The minimum absolute atomic E-state index is 0.204. The van der Waals surface area contributed by atoms with Crippen molar-refractivity contribution in [3.05, 3.63) is 81.3 Å². The van der Waals surface area contributed by atoms with Crippen LogP contribution in [0, 0.1) is 0 Å². The Balaban J connectivity index is 1.68. The van der Waals surface area contributed by atoms with Gasteiger partial charge in [-0.1, -0.05) is 59.1 Å². The first-order valence-electron chi connectivity index (χ1n) is 7.94. The molecule has 3 nitrogen and oxygen atoms in total. The highest BCUT2D eigenvalue weighted by atomic mass is 35.5. The smallest absolute Gasteiger partial charge is 0.257 e. The van der Waals surface area contributed by atoms with Crippen LogP contribution < -0.4 is 5.32 Å². The van der Waals surface area contributed by atoms with Gasteiger partial charge in [0.15, 0.2) is 0 Å². The van der Waals surface area contributed by atoms with Gasteiger partial charge in [0.25, 0.3) is 5.91 Å². The summed E-state index contributed by atoms with van der Waals surface area (Å²) in [6, 6.07) is 18.2. The lowest BCUT2D eigenvalue weighted by molar-refractivity contribution is 0.102. The summed E-state index contributed by atoms with van der Waals surface area (Å²) >= 11 is 20.0. The van der Waals surface area contributed by atoms with Gasteiger partial charge in [-0.15, -0.1) is 11.3 Å². The normalized spacial score (nSPS) is 10.9. The van der Waals surface area contributed by atoms with E-state index < -0.39 is 0 Å². The van der Waals surface area contributed by atoms with Crippen LogP contribution in [0.5, 0.6) is 0 Å². The van der Waals surface area contributed by atoms with Crippen LogP contribution in [0.4, 0.5) is 5.69 Å². The van der Waals surface area contributed by atoms with Gasteiger partial charge in [0.05, 0.1) is 36.5 Å². The summed E-state index contributed by atoms with van der Waals surface area (Å²) in [6.07, 6.45) is 0. The monoisotopic (exact) mass is 432 g/mol. The minimum atomic E-state index is -0.383. The second-order valence-electron chi connectivity index (χ2n) is 5.74. The zero-order valence-corrected chi connectivity index (χ0v) is 16.8. The average molecular weight is 434 g/mol. The molecule has 4 rings (SSSR count). The Morgan fingerprint density at radius 3 is 2.56 bits per heavy atom. The fourth-order valence-electron chi connectivity index (χ4n) is 2.62. The van der Waals surface area contributed by atoms with Gasteiger partial charge in [-0.2, -0.15) is 0 Å². The summed E-state index contributed by atoms with van der Waals surface area (Å²) in [5.41, 5.74) is 2.57. The lowest BCUT2D eigenvalue weighted by Crippen LogP contribution is -2.13. The predicted octanol–water partition coefficient (Wildman–Crippen LogP) is 7.18. The third-order valence-corrected chi connectivity index (χ3v) is 6.19. The Labute approximate surface area is 174 Å². The van der Waals surface area contributed by atoms with Crippen molar-refractivity contribution < 1.29 is 4.79 Å². The number of thiazole rings is 1. The molecule has 1 N–H and O–H groups in total. The van der Waals surface area contributed by atoms with E-state index in [-0.39, 0.29) is 16.5 Å². The number of amides is 1. The molecule has 0 saturated carbocycles. The second-order valence-corrected chi connectivity index (χ2v) is 7.96. The first-order chi connectivity index (χ1) is 13.0. The third-order valence-electron chi connectivity index (χ3n) is 3.95. The van der Waals surface area contributed by atoms with E-state index in [0.717, 1.165) is 20.8 Å². The molecule has 1 aromatic heterocycles. The summed E-state index contributed by atoms with van der Waals surface area (Å²) in [5.74, 6) is -0.383. The highest BCUT2D eigenvalue weighted by Crippen LogP contribution is 2.34. The molecule has 0 fully saturated rings. The zero-order valence-electron chi connectivity index (χ0n) is 13.7. The second kappa shape index (κ2) is 7.49. The maximum atomic E-state index is 12.6. The fourth-order valence-corrected chi connectivity index (χ4v) is 4.13. The van der Waals surface area contributed by atoms with Crippen molar-refractivity contribution in [2.24, 2.45) is 0 Å². The number of carbonyl (C=O) groups is 1. The molecule has 0 aliphatic carbocycles. The van der Waals surface area contributed by atoms with E-state index in [0.29, 0.717) is 15.7 Å². The Morgan fingerprint density at radius 2 is 1.74 bits per heavy atom. The van der Waals surface area contributed by atoms with Gasteiger partial charge in [0, 0.05) is 5.56 Å². The Kier molecular flexibility index (Phi) is 5.06. The van der Waals surface area contributed by atoms with Crippen molar-refractivity contribution in [2.45, 2.75) is 0 Å². The molecule has 3 aromatic carbocycles. The van der Waals surface area contributed by atoms with Crippen LogP contribution in [-0.2, 0) is 0 Å². The van der Waals surface area contributed by atoms with Crippen molar-refractivity contribution in [3.63, 3.8) is 0 Å². The maximum absolute atomic E-state index is 12.6. The van der Waals surface area contributed by atoms with Crippen LogP contribution in [0.2, 0.25) is 15.1 Å². The Hall–Kier alpha value is -2.11. The lowest BCUT2D eigenvalue weighted by Gasteiger charge is -2.10. The molecule has 0 spiro atoms. The molecule has 0 radical (unpaired) electrons. The lowest BCUT2D eigenvalue weighted by atomic mass is 10.1. The molecule has 27 heavy (non-hydrogen) atoms. The number of carbonyl (C=O) groups excluding carboxylic acids is 1. The van der Waals surface area contributed by atoms with E-state index in [2.05, 4.69) is 10.3 Å². The van der Waals surface area contributed by atoms with Crippen molar-refractivity contribution in [2.75, 3.05) is 5.32 Å². The summed E-state index contributed by atoms with van der Waals surface area (Å²) in [7, 11) is 0. The SMILES string of the molecule is O=C(Nc1cc(-c2nc3ccccc3s2)ccc1Cl)c1cccc(Cl)c1Cl. The number of hydrogen-bond donors (Lipinski definition) is 1. The number of nitrogens with zero attached hydrogens (tertiary/aromatic N) is 1. The third kappa shape index (κ3) is 3.66. The zero-order chi connectivity index (χ0) is 19.0. The molecule has 0 aliphatic heterocycles. The first-order valence-corrected chi connectivity index (χ1v) is 9.89. The molecule has 0 atom stereocenters. The molecule has 134 valence electrons. The number of hydrogen-bond acceptors (Lipinski definition) is 3. The molecule has 0 aliphatic rings. The van der Waals surface area contributed by atoms with E-state index in [1.165, 1.54) is 0 Å². The summed E-state index contributed by atoms with van der Waals surface area (Å²) < 4.78 is 1.10. The highest BCUT2D eigenvalue weighted by molar-refractivity contribution is 7.21. The number of aromatic nitrogens is 1. The van der Waals surface area contributed by atoms with Crippen molar-refractivity contribution in [3.8, 4) is 10.6 Å². The highest BCUT2D eigenvalue weighted by Gasteiger charge is 2.15. The van der Waals surface area contributed by atoms with Gasteiger partial charge >= 0.3 is 0 Å². The molecule has 1 heterocycles. The van der Waals surface area contributed by atoms with Crippen LogP contribution in [0.3, 0.4) is 0 Å². The molecular formula is C20H11Cl3N2OS. The van der Waals surface area contributed by atoms with Gasteiger partial charge in [-0.05, 0) is 36.4 Å². The van der Waals surface area contributed by atoms with Crippen LogP contribution >= 0.6 is 46.1 Å². The molecule has 1 amide bonds. The number of halogens is 3. The molecule has 4 aromatic rings. The van der Waals surface area contributed by atoms with E-state index >= 15 is 0 Å². The van der Waals surface area contributed by atoms with E-state index in [1.807, 2.05) is 30.3 Å². The van der Waals surface area contributed by atoms with Gasteiger partial charge in [0.2, 0.25) is 0 Å². The number of benzene rings is 3. The largest absolute Gasteiger partial charge is 0.321 e. The number of anilines is 1. The number of fused-ring (bicyclic) bond motifs is 1. The number of nitrogens with one attached hydrogen (secondary N) is 1. The average Bonchev–Trinajstić information content (AvgIpc) is 3.10. The van der Waals surface area contributed by atoms with Crippen molar-refractivity contribution in [1.82, 2.24) is 4.98 Å². The van der Waals surface area contributed by atoms with E-state index in [9.17, 15) is 4.79 Å². The first kappa shape index (κ1) is 18.3. The molecular weight excluding hydrogens is 423 g/mol. The quantitative estimate of drug-likeness (QED) is 0.372. The maximum Gasteiger partial charge on any atom is 0.257 e. The van der Waals surface area contributed by atoms with E-state index in [1.54, 1.807) is 41.7 Å². The molecule has 7 heteroatoms. The van der Waals surface area contributed by atoms with Gasteiger partial charge in [-0.3, -0.25) is 4.79 Å². The van der Waals surface area contributed by atoms with Gasteiger partial charge < -0.3 is 5.32 Å². The standard InChI is InChI=1S/C20H11Cl3N2OS/c21-13-9-8-11(20-25-15-6-1-2-7-17(15)27-20)10-16(13)24-19(26)12-4-3-5-14(22)18(12)23/h1-10H,(H,24,26). The minimum Gasteiger partial charge on any atom is -0.321 e. The fraction of sp³-hybridized carbons (Fsp3) is 0. The number of para-hydroxylation sites is 1. The Bertz CT molecular complexity index is 1140. The molecule has 0 unspecified atom stereocenters. The Morgan fingerprint density at radius 1 is 0.926 bits per heavy atom. The summed E-state index contributed by atoms with van der Waals surface area (Å²) in [6.45, 7) is 0. The van der Waals surface area contributed by atoms with Crippen LogP contribution in [0.25, 0.3) is 20.8 Å². The van der Waals surface area contributed by atoms with Gasteiger partial charge in [-0.25, -0.2) is 4.98 Å². The summed E-state index contributed by atoms with van der Waals surface area (Å²) in [5, 5.41) is 4.60. The molecule has 0 saturated heterocycles. The number of rotatable bonds is 3. The van der Waals surface area contributed by atoms with Crippen LogP contribution in [0.1, 0.15) is 10.4 Å². The van der Waals surface area contributed by atoms with Crippen molar-refractivity contribution >= 4 is 68.0 Å². The predicted molar refractivity (Wildman–Crippen MR) is 114 cm³/mol. The molecule has 0 bridgehead atoms. The van der Waals surface area contributed by atoms with Crippen LogP contribution in [0.15, 0.2) is 60.7 Å². The summed E-state index contributed by atoms with van der Waals surface area (Å²) in [4.78, 5) is 17.2. The van der Waals surface area contributed by atoms with E-state index in [4.69, 9.17) is 34.8 Å². The van der Waals surface area contributed by atoms with Gasteiger partial charge in [0.1, 0.15) is 5.01 Å². The van der Waals surface area contributed by atoms with Crippen molar-refractivity contribution in [1.29, 1.82) is 0 Å². The topological polar surface area (TPSA) is 42.0 Å².